The van der Waals surface area contributed by atoms with E-state index in [4.69, 9.17) is 14.5 Å². The molecule has 0 amide bonds. The van der Waals surface area contributed by atoms with E-state index in [9.17, 15) is 0 Å². The van der Waals surface area contributed by atoms with E-state index < -0.39 is 5.60 Å². The lowest BCUT2D eigenvalue weighted by Crippen LogP contribution is -2.49. The molecular formula is C19H29N7O2. The molecule has 2 aliphatic rings. The molecule has 152 valence electrons. The van der Waals surface area contributed by atoms with Gasteiger partial charge in [0.25, 0.3) is 0 Å². The van der Waals surface area contributed by atoms with E-state index in [0.717, 1.165) is 25.2 Å². The van der Waals surface area contributed by atoms with Crippen molar-refractivity contribution >= 4 is 11.9 Å². The Morgan fingerprint density at radius 3 is 2.36 bits per heavy atom. The Labute approximate surface area is 165 Å². The minimum atomic E-state index is -0.463. The van der Waals surface area contributed by atoms with Crippen LogP contribution >= 0.6 is 0 Å². The molecule has 0 aliphatic carbocycles. The van der Waals surface area contributed by atoms with Crippen LogP contribution in [0.3, 0.4) is 0 Å². The number of anilines is 2. The van der Waals surface area contributed by atoms with Crippen molar-refractivity contribution in [2.75, 3.05) is 49.7 Å². The highest BCUT2D eigenvalue weighted by molar-refractivity contribution is 5.42. The summed E-state index contributed by atoms with van der Waals surface area (Å²) in [5.41, 5.74) is 0.586. The molecule has 0 N–H and O–H groups in total. The van der Waals surface area contributed by atoms with Gasteiger partial charge in [0.2, 0.25) is 11.9 Å². The Bertz CT molecular complexity index is 803. The van der Waals surface area contributed by atoms with Crippen molar-refractivity contribution in [1.82, 2.24) is 24.7 Å². The zero-order valence-electron chi connectivity index (χ0n) is 17.0. The van der Waals surface area contributed by atoms with E-state index in [1.807, 2.05) is 19.4 Å². The fourth-order valence-corrected chi connectivity index (χ4v) is 3.89. The number of ether oxygens (including phenoxy) is 2. The lowest BCUT2D eigenvalue weighted by atomic mass is 9.97. The van der Waals surface area contributed by atoms with Crippen molar-refractivity contribution < 1.29 is 9.47 Å². The Hall–Kier alpha value is -2.42. The monoisotopic (exact) mass is 387 g/mol. The van der Waals surface area contributed by atoms with Gasteiger partial charge in [0, 0.05) is 38.4 Å². The molecule has 0 radical (unpaired) electrons. The summed E-state index contributed by atoms with van der Waals surface area (Å²) in [4.78, 5) is 18.3. The van der Waals surface area contributed by atoms with Crippen LogP contribution in [0.25, 0.3) is 0 Å². The molecule has 2 saturated heterocycles. The van der Waals surface area contributed by atoms with E-state index in [1.165, 1.54) is 25.7 Å². The van der Waals surface area contributed by atoms with Gasteiger partial charge in [0.1, 0.15) is 5.60 Å². The zero-order valence-corrected chi connectivity index (χ0v) is 17.0. The number of nitrogens with zero attached hydrogens (tertiary/aromatic N) is 7. The molecule has 0 bridgehead atoms. The second-order valence-corrected chi connectivity index (χ2v) is 7.73. The molecular weight excluding hydrogens is 358 g/mol. The van der Waals surface area contributed by atoms with Crippen LogP contribution in [0.1, 0.15) is 38.2 Å². The smallest absolute Gasteiger partial charge is 0.322 e. The average Bonchev–Trinajstić information content (AvgIpc) is 2.98. The highest BCUT2D eigenvalue weighted by Crippen LogP contribution is 2.31. The summed E-state index contributed by atoms with van der Waals surface area (Å²) < 4.78 is 13.3. The van der Waals surface area contributed by atoms with Gasteiger partial charge in [0.05, 0.1) is 26.5 Å². The van der Waals surface area contributed by atoms with Crippen molar-refractivity contribution in [2.45, 2.75) is 38.2 Å². The molecule has 2 aliphatic heterocycles. The normalized spacial score (nSPS) is 23.5. The summed E-state index contributed by atoms with van der Waals surface area (Å²) in [6, 6.07) is 0.360. The lowest BCUT2D eigenvalue weighted by molar-refractivity contribution is -0.0471. The van der Waals surface area contributed by atoms with E-state index >= 15 is 0 Å². The van der Waals surface area contributed by atoms with Crippen molar-refractivity contribution in [3.05, 3.63) is 18.0 Å². The summed E-state index contributed by atoms with van der Waals surface area (Å²) in [6.07, 6.45) is 8.72. The van der Waals surface area contributed by atoms with Crippen LogP contribution in [0.4, 0.5) is 11.9 Å². The molecule has 28 heavy (non-hydrogen) atoms. The second-order valence-electron chi connectivity index (χ2n) is 7.73. The fourth-order valence-electron chi connectivity index (χ4n) is 3.89. The second kappa shape index (κ2) is 7.90. The van der Waals surface area contributed by atoms with Gasteiger partial charge < -0.3 is 19.3 Å². The number of rotatable bonds is 4. The first-order chi connectivity index (χ1) is 13.6. The van der Waals surface area contributed by atoms with Crippen LogP contribution in [0.2, 0.25) is 0 Å². The van der Waals surface area contributed by atoms with Crippen molar-refractivity contribution in [3.8, 4) is 6.01 Å². The molecule has 2 aromatic rings. The van der Waals surface area contributed by atoms with Gasteiger partial charge in [-0.2, -0.15) is 20.1 Å². The van der Waals surface area contributed by atoms with Gasteiger partial charge in [-0.05, 0) is 19.8 Å². The Kier molecular flexibility index (Phi) is 5.34. The first-order valence-corrected chi connectivity index (χ1v) is 10.0. The molecule has 2 fully saturated rings. The maximum atomic E-state index is 6.13. The molecule has 4 rings (SSSR count). The van der Waals surface area contributed by atoms with Gasteiger partial charge >= 0.3 is 6.01 Å². The highest BCUT2D eigenvalue weighted by Gasteiger charge is 2.36. The molecule has 2 aromatic heterocycles. The Morgan fingerprint density at radius 1 is 1.00 bits per heavy atom. The van der Waals surface area contributed by atoms with Gasteiger partial charge in [0.15, 0.2) is 0 Å². The molecule has 1 unspecified atom stereocenters. The third kappa shape index (κ3) is 3.89. The van der Waals surface area contributed by atoms with Crippen molar-refractivity contribution in [3.63, 3.8) is 0 Å². The molecule has 4 heterocycles. The molecule has 0 saturated carbocycles. The zero-order chi connectivity index (χ0) is 19.6. The summed E-state index contributed by atoms with van der Waals surface area (Å²) in [5.74, 6) is 1.35. The number of hydrogen-bond donors (Lipinski definition) is 0. The first kappa shape index (κ1) is 18.9. The largest absolute Gasteiger partial charge is 0.467 e. The van der Waals surface area contributed by atoms with E-state index in [2.05, 4.69) is 31.8 Å². The summed E-state index contributed by atoms with van der Waals surface area (Å²) in [7, 11) is 3.52. The predicted molar refractivity (Wildman–Crippen MR) is 106 cm³/mol. The van der Waals surface area contributed by atoms with Gasteiger partial charge in [-0.15, -0.1) is 0 Å². The van der Waals surface area contributed by atoms with Crippen LogP contribution in [-0.2, 0) is 17.4 Å². The van der Waals surface area contributed by atoms with Crippen LogP contribution in [0.15, 0.2) is 12.4 Å². The number of methoxy groups -OCH3 is 1. The maximum Gasteiger partial charge on any atom is 0.322 e. The highest BCUT2D eigenvalue weighted by atomic mass is 16.5. The topological polar surface area (TPSA) is 81.4 Å². The number of morpholine rings is 1. The summed E-state index contributed by atoms with van der Waals surface area (Å²) in [6.45, 7) is 6.00. The van der Waals surface area contributed by atoms with Crippen LogP contribution < -0.4 is 14.5 Å². The van der Waals surface area contributed by atoms with Crippen molar-refractivity contribution in [2.24, 2.45) is 7.05 Å². The SMILES string of the molecule is COc1nc(N2CCCCCC2)nc(N2CCOC(C)(c3cnn(C)c3)C2)n1. The molecule has 1 atom stereocenters. The standard InChI is InChI=1S/C19H29N7O2/c1-19(15-12-20-24(2)13-15)14-26(10-11-28-19)17-21-16(22-18(23-17)27-3)25-8-6-4-5-7-9-25/h12-13H,4-11,14H2,1-3H3. The molecule has 0 aromatic carbocycles. The third-order valence-corrected chi connectivity index (χ3v) is 5.54. The Morgan fingerprint density at radius 2 is 1.71 bits per heavy atom. The third-order valence-electron chi connectivity index (χ3n) is 5.54. The quantitative estimate of drug-likeness (QED) is 0.785. The number of aromatic nitrogens is 5. The van der Waals surface area contributed by atoms with Crippen LogP contribution in [0.5, 0.6) is 6.01 Å². The van der Waals surface area contributed by atoms with E-state index in [-0.39, 0.29) is 0 Å². The summed E-state index contributed by atoms with van der Waals surface area (Å²) >= 11 is 0. The summed E-state index contributed by atoms with van der Waals surface area (Å²) in [5, 5.41) is 4.30. The van der Waals surface area contributed by atoms with Crippen molar-refractivity contribution in [1.29, 1.82) is 0 Å². The molecule has 9 heteroatoms. The first-order valence-electron chi connectivity index (χ1n) is 10.0. The molecule has 0 spiro atoms. The number of hydrogen-bond acceptors (Lipinski definition) is 8. The lowest BCUT2D eigenvalue weighted by Gasteiger charge is -2.40. The Balaban J connectivity index is 1.61. The van der Waals surface area contributed by atoms with E-state index in [1.54, 1.807) is 11.8 Å². The number of aryl methyl sites for hydroxylation is 1. The minimum absolute atomic E-state index is 0.360. The predicted octanol–water partition coefficient (Wildman–Crippen LogP) is 1.75. The van der Waals surface area contributed by atoms with Crippen LogP contribution in [-0.4, -0.2) is 64.6 Å². The van der Waals surface area contributed by atoms with Gasteiger partial charge in [-0.3, -0.25) is 4.68 Å². The molecule has 9 nitrogen and oxygen atoms in total. The van der Waals surface area contributed by atoms with Gasteiger partial charge in [-0.1, -0.05) is 12.8 Å². The van der Waals surface area contributed by atoms with E-state index in [0.29, 0.717) is 31.1 Å². The van der Waals surface area contributed by atoms with Crippen LogP contribution in [0, 0.1) is 0 Å². The maximum absolute atomic E-state index is 6.13. The minimum Gasteiger partial charge on any atom is -0.467 e. The fraction of sp³-hybridized carbons (Fsp3) is 0.684. The average molecular weight is 387 g/mol. The van der Waals surface area contributed by atoms with Gasteiger partial charge in [-0.25, -0.2) is 0 Å².